The zero-order valence-electron chi connectivity index (χ0n) is 17.0. The summed E-state index contributed by atoms with van der Waals surface area (Å²) in [7, 11) is 0. The molecule has 0 atom stereocenters. The molecule has 0 radical (unpaired) electrons. The zero-order valence-corrected chi connectivity index (χ0v) is 17.8. The van der Waals surface area contributed by atoms with E-state index >= 15 is 0 Å². The topological polar surface area (TPSA) is 26.8 Å². The van der Waals surface area contributed by atoms with Gasteiger partial charge in [0.15, 0.2) is 0 Å². The molecule has 4 rings (SSSR count). The molecule has 1 saturated heterocycles. The minimum atomic E-state index is -4.90. The molecule has 0 unspecified atom stereocenters. The Balaban J connectivity index is 1.39. The fourth-order valence-corrected chi connectivity index (χ4v) is 5.00. The summed E-state index contributed by atoms with van der Waals surface area (Å²) < 4.78 is 79.1. The lowest BCUT2D eigenvalue weighted by Crippen LogP contribution is -2.51. The molecule has 1 amide bonds. The molecular formula is C21H21F6N3OS. The van der Waals surface area contributed by atoms with E-state index in [2.05, 4.69) is 0 Å². The van der Waals surface area contributed by atoms with Crippen molar-refractivity contribution in [3.05, 3.63) is 51.2 Å². The quantitative estimate of drug-likeness (QED) is 0.610. The molecule has 3 heterocycles. The van der Waals surface area contributed by atoms with Crippen molar-refractivity contribution in [2.24, 2.45) is 0 Å². The molecule has 2 aromatic rings. The number of hydrogen-bond acceptors (Lipinski definition) is 4. The van der Waals surface area contributed by atoms with Gasteiger partial charge in [-0.3, -0.25) is 9.69 Å². The zero-order chi connectivity index (χ0) is 23.1. The standard InChI is InChI=1S/C21H21F6N3OS/c22-20(23,24)15-1-2-17(16(11-15)21(25,26)27)29-8-6-28(7-9-29)13-19(31)30-5-3-18-14(12-30)4-10-32-18/h1-2,4,10-11H,3,5-9,12-13H2. The van der Waals surface area contributed by atoms with Gasteiger partial charge in [0.25, 0.3) is 0 Å². The van der Waals surface area contributed by atoms with Crippen LogP contribution in [0.3, 0.4) is 0 Å². The molecule has 0 N–H and O–H groups in total. The molecule has 2 aliphatic rings. The van der Waals surface area contributed by atoms with Gasteiger partial charge in [0, 0.05) is 49.8 Å². The Labute approximate surface area is 185 Å². The second kappa shape index (κ2) is 8.58. The van der Waals surface area contributed by atoms with Crippen molar-refractivity contribution in [2.45, 2.75) is 25.3 Å². The van der Waals surface area contributed by atoms with Gasteiger partial charge in [0.05, 0.1) is 17.7 Å². The van der Waals surface area contributed by atoms with Crippen LogP contribution in [0.1, 0.15) is 21.6 Å². The number of amides is 1. The number of benzene rings is 1. The summed E-state index contributed by atoms with van der Waals surface area (Å²) in [5.41, 5.74) is -1.73. The number of hydrogen-bond donors (Lipinski definition) is 0. The summed E-state index contributed by atoms with van der Waals surface area (Å²) in [6.07, 6.45) is -8.94. The van der Waals surface area contributed by atoms with Gasteiger partial charge >= 0.3 is 12.4 Å². The SMILES string of the molecule is O=C(CN1CCN(c2ccc(C(F)(F)F)cc2C(F)(F)F)CC1)N1CCc2sccc2C1. The van der Waals surface area contributed by atoms with Gasteiger partial charge in [0.2, 0.25) is 5.91 Å². The molecule has 0 bridgehead atoms. The molecule has 11 heteroatoms. The first kappa shape index (κ1) is 22.9. The Morgan fingerprint density at radius 3 is 2.31 bits per heavy atom. The minimum Gasteiger partial charge on any atom is -0.368 e. The third kappa shape index (κ3) is 4.88. The van der Waals surface area contributed by atoms with Crippen molar-refractivity contribution in [1.29, 1.82) is 0 Å². The predicted molar refractivity (Wildman–Crippen MR) is 109 cm³/mol. The first-order valence-electron chi connectivity index (χ1n) is 10.1. The summed E-state index contributed by atoms with van der Waals surface area (Å²) >= 11 is 1.68. The number of piperazine rings is 1. The summed E-state index contributed by atoms with van der Waals surface area (Å²) in [4.78, 5) is 19.1. The van der Waals surface area contributed by atoms with Crippen LogP contribution in [-0.2, 0) is 30.1 Å². The Hall–Kier alpha value is -2.27. The highest BCUT2D eigenvalue weighted by Crippen LogP contribution is 2.41. The van der Waals surface area contributed by atoms with E-state index in [9.17, 15) is 31.1 Å². The maximum Gasteiger partial charge on any atom is 0.418 e. The van der Waals surface area contributed by atoms with E-state index < -0.39 is 23.5 Å². The van der Waals surface area contributed by atoms with Crippen LogP contribution >= 0.6 is 11.3 Å². The fraction of sp³-hybridized carbons (Fsp3) is 0.476. The third-order valence-electron chi connectivity index (χ3n) is 5.86. The maximum atomic E-state index is 13.5. The molecule has 2 aliphatic heterocycles. The number of rotatable bonds is 3. The number of nitrogens with zero attached hydrogens (tertiary/aromatic N) is 3. The van der Waals surface area contributed by atoms with E-state index in [-0.39, 0.29) is 37.3 Å². The summed E-state index contributed by atoms with van der Waals surface area (Å²) in [5, 5.41) is 2.01. The molecule has 0 spiro atoms. The number of carbonyl (C=O) groups excluding carboxylic acids is 1. The van der Waals surface area contributed by atoms with Crippen LogP contribution in [0.5, 0.6) is 0 Å². The highest BCUT2D eigenvalue weighted by molar-refractivity contribution is 7.10. The van der Waals surface area contributed by atoms with Crippen LogP contribution in [0.15, 0.2) is 29.6 Å². The normalized spacial score (nSPS) is 18.1. The van der Waals surface area contributed by atoms with Crippen LogP contribution < -0.4 is 4.90 Å². The Morgan fingerprint density at radius 1 is 0.938 bits per heavy atom. The number of anilines is 1. The predicted octanol–water partition coefficient (Wildman–Crippen LogP) is 4.49. The molecule has 0 saturated carbocycles. The number of carbonyl (C=O) groups is 1. The smallest absolute Gasteiger partial charge is 0.368 e. The lowest BCUT2D eigenvalue weighted by molar-refractivity contribution is -0.142. The second-order valence-electron chi connectivity index (χ2n) is 7.92. The van der Waals surface area contributed by atoms with Crippen molar-refractivity contribution >= 4 is 22.9 Å². The van der Waals surface area contributed by atoms with E-state index in [1.807, 2.05) is 16.3 Å². The number of halogens is 6. The lowest BCUT2D eigenvalue weighted by Gasteiger charge is -2.38. The van der Waals surface area contributed by atoms with Crippen molar-refractivity contribution in [3.63, 3.8) is 0 Å². The van der Waals surface area contributed by atoms with Gasteiger partial charge in [0.1, 0.15) is 0 Å². The summed E-state index contributed by atoms with van der Waals surface area (Å²) in [6, 6.07) is 3.74. The Kier molecular flexibility index (Phi) is 6.15. The minimum absolute atomic E-state index is 0.0270. The molecule has 1 aromatic heterocycles. The van der Waals surface area contributed by atoms with Crippen LogP contribution in [-0.4, -0.2) is 55.0 Å². The second-order valence-corrected chi connectivity index (χ2v) is 8.93. The van der Waals surface area contributed by atoms with E-state index in [0.717, 1.165) is 18.1 Å². The van der Waals surface area contributed by atoms with E-state index in [1.54, 1.807) is 16.2 Å². The van der Waals surface area contributed by atoms with E-state index in [4.69, 9.17) is 0 Å². The Bertz CT molecular complexity index is 979. The van der Waals surface area contributed by atoms with Crippen LogP contribution in [0.25, 0.3) is 0 Å². The van der Waals surface area contributed by atoms with Crippen LogP contribution in [0.2, 0.25) is 0 Å². The monoisotopic (exact) mass is 477 g/mol. The largest absolute Gasteiger partial charge is 0.418 e. The lowest BCUT2D eigenvalue weighted by atomic mass is 10.1. The first-order chi connectivity index (χ1) is 15.0. The number of thiophene rings is 1. The van der Waals surface area contributed by atoms with E-state index in [0.29, 0.717) is 32.2 Å². The van der Waals surface area contributed by atoms with Crippen molar-refractivity contribution in [1.82, 2.24) is 9.80 Å². The first-order valence-corrected chi connectivity index (χ1v) is 11.0. The third-order valence-corrected chi connectivity index (χ3v) is 6.88. The maximum absolute atomic E-state index is 13.5. The van der Waals surface area contributed by atoms with Crippen LogP contribution in [0, 0.1) is 0 Å². The van der Waals surface area contributed by atoms with Gasteiger partial charge < -0.3 is 9.80 Å². The van der Waals surface area contributed by atoms with E-state index in [1.165, 1.54) is 9.78 Å². The highest BCUT2D eigenvalue weighted by atomic mass is 32.1. The molecule has 174 valence electrons. The fourth-order valence-electron chi connectivity index (χ4n) is 4.11. The summed E-state index contributed by atoms with van der Waals surface area (Å²) in [5.74, 6) is -0.0270. The van der Waals surface area contributed by atoms with Gasteiger partial charge in [-0.2, -0.15) is 26.3 Å². The van der Waals surface area contributed by atoms with Gasteiger partial charge in [-0.1, -0.05) is 0 Å². The average Bonchev–Trinajstić information content (AvgIpc) is 3.20. The highest BCUT2D eigenvalue weighted by Gasteiger charge is 2.39. The van der Waals surface area contributed by atoms with Gasteiger partial charge in [-0.05, 0) is 41.6 Å². The van der Waals surface area contributed by atoms with Crippen molar-refractivity contribution in [2.75, 3.05) is 44.2 Å². The molecule has 1 aromatic carbocycles. The van der Waals surface area contributed by atoms with Gasteiger partial charge in [-0.25, -0.2) is 0 Å². The molecule has 4 nitrogen and oxygen atoms in total. The van der Waals surface area contributed by atoms with Crippen molar-refractivity contribution in [3.8, 4) is 0 Å². The Morgan fingerprint density at radius 2 is 1.66 bits per heavy atom. The molecule has 0 aliphatic carbocycles. The van der Waals surface area contributed by atoms with Crippen LogP contribution in [0.4, 0.5) is 32.0 Å². The molecule has 32 heavy (non-hydrogen) atoms. The van der Waals surface area contributed by atoms with Gasteiger partial charge in [-0.15, -0.1) is 11.3 Å². The summed E-state index contributed by atoms with van der Waals surface area (Å²) in [6.45, 7) is 2.47. The average molecular weight is 477 g/mol. The van der Waals surface area contributed by atoms with Crippen molar-refractivity contribution < 1.29 is 31.1 Å². The molecular weight excluding hydrogens is 456 g/mol. The number of alkyl halides is 6. The molecule has 1 fully saturated rings. The number of fused-ring (bicyclic) bond motifs is 1.